The summed E-state index contributed by atoms with van der Waals surface area (Å²) in [4.78, 5) is 15.4. The molecular formula is C21H17N3O2S. The number of thiazole rings is 1. The van der Waals surface area contributed by atoms with Crippen LogP contribution in [0, 0.1) is 31.1 Å². The minimum absolute atomic E-state index is 0.149. The third kappa shape index (κ3) is 4.78. The molecule has 0 aliphatic rings. The predicted molar refractivity (Wildman–Crippen MR) is 109 cm³/mol. The molecule has 3 N–H and O–H groups in total. The number of phenols is 1. The van der Waals surface area contributed by atoms with Crippen molar-refractivity contribution in [2.45, 2.75) is 13.5 Å². The summed E-state index contributed by atoms with van der Waals surface area (Å²) in [5, 5.41) is 16.8. The first-order valence-electron chi connectivity index (χ1n) is 8.21. The van der Waals surface area contributed by atoms with Crippen LogP contribution in [0.1, 0.15) is 16.1 Å². The third-order valence-corrected chi connectivity index (χ3v) is 4.62. The molecule has 0 atom stereocenters. The Morgan fingerprint density at radius 3 is 3.00 bits per heavy atom. The van der Waals surface area contributed by atoms with E-state index in [-0.39, 0.29) is 5.75 Å². The minimum Gasteiger partial charge on any atom is -0.506 e. The normalized spacial score (nSPS) is 9.93. The summed E-state index contributed by atoms with van der Waals surface area (Å²) in [6.07, 6.45) is 5.03. The number of anilines is 1. The van der Waals surface area contributed by atoms with E-state index in [9.17, 15) is 9.90 Å². The Balaban J connectivity index is 1.62. The standard InChI is InChI=1S/C21H17N3O2S/c1-3-20(26)23-13-16-6-4-8-17(10-16)22-9-5-7-15-11-18(25)21-19(12-15)27-14(2)24-21/h1,4,6,8,10-12,22,25H,9,13H2,2H3,(H,23,26). The number of fused-ring (bicyclic) bond motifs is 1. The molecule has 0 spiro atoms. The highest BCUT2D eigenvalue weighted by Crippen LogP contribution is 2.30. The van der Waals surface area contributed by atoms with E-state index in [1.54, 1.807) is 6.07 Å². The summed E-state index contributed by atoms with van der Waals surface area (Å²) >= 11 is 1.53. The van der Waals surface area contributed by atoms with Crippen LogP contribution >= 0.6 is 11.3 Å². The second-order valence-electron chi connectivity index (χ2n) is 5.76. The van der Waals surface area contributed by atoms with Crippen LogP contribution < -0.4 is 10.6 Å². The fourth-order valence-electron chi connectivity index (χ4n) is 2.51. The van der Waals surface area contributed by atoms with Gasteiger partial charge in [0.25, 0.3) is 5.91 Å². The van der Waals surface area contributed by atoms with Crippen LogP contribution in [0.25, 0.3) is 10.2 Å². The number of hydrogen-bond acceptors (Lipinski definition) is 5. The number of aromatic hydroxyl groups is 1. The van der Waals surface area contributed by atoms with E-state index in [0.717, 1.165) is 26.5 Å². The van der Waals surface area contributed by atoms with Crippen LogP contribution in [0.3, 0.4) is 0 Å². The highest BCUT2D eigenvalue weighted by molar-refractivity contribution is 7.18. The molecule has 6 heteroatoms. The Labute approximate surface area is 161 Å². The zero-order chi connectivity index (χ0) is 19.2. The van der Waals surface area contributed by atoms with Crippen molar-refractivity contribution in [3.05, 3.63) is 52.5 Å². The van der Waals surface area contributed by atoms with Crippen molar-refractivity contribution in [3.63, 3.8) is 0 Å². The molecule has 0 fully saturated rings. The smallest absolute Gasteiger partial charge is 0.295 e. The zero-order valence-electron chi connectivity index (χ0n) is 14.7. The Hall–Kier alpha value is -3.48. The van der Waals surface area contributed by atoms with E-state index in [0.29, 0.717) is 18.6 Å². The first-order chi connectivity index (χ1) is 13.0. The average Bonchev–Trinajstić information content (AvgIpc) is 3.04. The maximum Gasteiger partial charge on any atom is 0.295 e. The van der Waals surface area contributed by atoms with Gasteiger partial charge < -0.3 is 15.7 Å². The Morgan fingerprint density at radius 2 is 2.19 bits per heavy atom. The Kier molecular flexibility index (Phi) is 5.61. The van der Waals surface area contributed by atoms with Crippen LogP contribution in [-0.4, -0.2) is 22.5 Å². The molecule has 0 saturated heterocycles. The first kappa shape index (κ1) is 18.3. The quantitative estimate of drug-likeness (QED) is 0.613. The number of carbonyl (C=O) groups excluding carboxylic acids is 1. The molecule has 0 aliphatic heterocycles. The zero-order valence-corrected chi connectivity index (χ0v) is 15.5. The van der Waals surface area contributed by atoms with Gasteiger partial charge in [0.05, 0.1) is 16.3 Å². The molecule has 5 nitrogen and oxygen atoms in total. The molecule has 3 rings (SSSR count). The molecule has 3 aromatic rings. The number of terminal acetylenes is 1. The van der Waals surface area contributed by atoms with Crippen molar-refractivity contribution in [3.8, 4) is 29.9 Å². The number of amides is 1. The van der Waals surface area contributed by atoms with Crippen molar-refractivity contribution in [1.29, 1.82) is 0 Å². The van der Waals surface area contributed by atoms with Gasteiger partial charge in [-0.2, -0.15) is 0 Å². The highest BCUT2D eigenvalue weighted by atomic mass is 32.1. The van der Waals surface area contributed by atoms with Crippen LogP contribution in [0.15, 0.2) is 36.4 Å². The van der Waals surface area contributed by atoms with Gasteiger partial charge in [-0.25, -0.2) is 4.98 Å². The molecule has 0 bridgehead atoms. The lowest BCUT2D eigenvalue weighted by Crippen LogP contribution is -2.20. The van der Waals surface area contributed by atoms with Crippen molar-refractivity contribution in [2.75, 3.05) is 11.9 Å². The van der Waals surface area contributed by atoms with E-state index < -0.39 is 5.91 Å². The molecule has 0 aliphatic carbocycles. The lowest BCUT2D eigenvalue weighted by Gasteiger charge is -2.06. The molecule has 2 aromatic carbocycles. The Morgan fingerprint density at radius 1 is 1.33 bits per heavy atom. The SMILES string of the molecule is C#CC(=O)NCc1cccc(NCC#Cc2cc(O)c3nc(C)sc3c2)c1. The molecule has 0 saturated carbocycles. The second-order valence-corrected chi connectivity index (χ2v) is 6.99. The summed E-state index contributed by atoms with van der Waals surface area (Å²) in [6, 6.07) is 11.2. The van der Waals surface area contributed by atoms with Crippen LogP contribution in [0.4, 0.5) is 5.69 Å². The lowest BCUT2D eigenvalue weighted by molar-refractivity contribution is -0.115. The average molecular weight is 375 g/mol. The van der Waals surface area contributed by atoms with E-state index in [4.69, 9.17) is 6.42 Å². The van der Waals surface area contributed by atoms with Crippen LogP contribution in [0.2, 0.25) is 0 Å². The largest absolute Gasteiger partial charge is 0.506 e. The van der Waals surface area contributed by atoms with Gasteiger partial charge in [-0.15, -0.1) is 17.8 Å². The molecule has 134 valence electrons. The monoisotopic (exact) mass is 375 g/mol. The topological polar surface area (TPSA) is 74.2 Å². The predicted octanol–water partition coefficient (Wildman–Crippen LogP) is 3.02. The van der Waals surface area contributed by atoms with Gasteiger partial charge in [0, 0.05) is 17.8 Å². The second kappa shape index (κ2) is 8.27. The van der Waals surface area contributed by atoms with Gasteiger partial charge in [-0.1, -0.05) is 24.0 Å². The number of phenolic OH excluding ortho intramolecular Hbond substituents is 1. The van der Waals surface area contributed by atoms with Gasteiger partial charge in [0.2, 0.25) is 0 Å². The van der Waals surface area contributed by atoms with Crippen molar-refractivity contribution in [2.24, 2.45) is 0 Å². The number of aryl methyl sites for hydroxylation is 1. The van der Waals surface area contributed by atoms with Crippen molar-refractivity contribution < 1.29 is 9.90 Å². The maximum absolute atomic E-state index is 11.1. The molecule has 1 amide bonds. The molecular weight excluding hydrogens is 358 g/mol. The number of aromatic nitrogens is 1. The van der Waals surface area contributed by atoms with Crippen molar-refractivity contribution >= 4 is 33.1 Å². The van der Waals surface area contributed by atoms with Gasteiger partial charge in [0.1, 0.15) is 11.3 Å². The van der Waals surface area contributed by atoms with Gasteiger partial charge in [-0.3, -0.25) is 4.79 Å². The number of nitrogens with zero attached hydrogens (tertiary/aromatic N) is 1. The van der Waals surface area contributed by atoms with Crippen LogP contribution in [0.5, 0.6) is 5.75 Å². The highest BCUT2D eigenvalue weighted by Gasteiger charge is 2.06. The van der Waals surface area contributed by atoms with E-state index in [1.807, 2.05) is 43.2 Å². The lowest BCUT2D eigenvalue weighted by atomic mass is 10.2. The van der Waals surface area contributed by atoms with Gasteiger partial charge in [0.15, 0.2) is 0 Å². The summed E-state index contributed by atoms with van der Waals surface area (Å²) in [5.41, 5.74) is 3.20. The number of nitrogens with one attached hydrogen (secondary N) is 2. The number of hydrogen-bond donors (Lipinski definition) is 3. The number of rotatable bonds is 4. The molecule has 0 radical (unpaired) electrons. The molecule has 1 heterocycles. The summed E-state index contributed by atoms with van der Waals surface area (Å²) in [5.74, 6) is 7.82. The van der Waals surface area contributed by atoms with E-state index >= 15 is 0 Å². The Bertz CT molecular complexity index is 1100. The minimum atomic E-state index is -0.435. The number of benzene rings is 2. The fraction of sp³-hybridized carbons (Fsp3) is 0.143. The molecule has 1 aromatic heterocycles. The van der Waals surface area contributed by atoms with E-state index in [2.05, 4.69) is 27.5 Å². The third-order valence-electron chi connectivity index (χ3n) is 3.71. The van der Waals surface area contributed by atoms with Gasteiger partial charge in [-0.05, 0) is 42.7 Å². The summed E-state index contributed by atoms with van der Waals surface area (Å²) in [7, 11) is 0. The fourth-order valence-corrected chi connectivity index (χ4v) is 3.40. The molecule has 0 unspecified atom stereocenters. The number of carbonyl (C=O) groups is 1. The van der Waals surface area contributed by atoms with Crippen molar-refractivity contribution in [1.82, 2.24) is 10.3 Å². The summed E-state index contributed by atoms with van der Waals surface area (Å²) in [6.45, 7) is 2.73. The van der Waals surface area contributed by atoms with Crippen LogP contribution in [-0.2, 0) is 11.3 Å². The molecule has 27 heavy (non-hydrogen) atoms. The van der Waals surface area contributed by atoms with E-state index in [1.165, 1.54) is 11.3 Å². The summed E-state index contributed by atoms with van der Waals surface area (Å²) < 4.78 is 0.923. The maximum atomic E-state index is 11.1. The first-order valence-corrected chi connectivity index (χ1v) is 9.03. The van der Waals surface area contributed by atoms with Gasteiger partial charge >= 0.3 is 0 Å².